The van der Waals surface area contributed by atoms with Crippen LogP contribution in [-0.2, 0) is 12.8 Å². The number of ketones is 1. The highest BCUT2D eigenvalue weighted by atomic mass is 32.1. The lowest BCUT2D eigenvalue weighted by Crippen LogP contribution is -2.08. The summed E-state index contributed by atoms with van der Waals surface area (Å²) in [6.45, 7) is 2.11. The number of carbonyl (C=O) groups excluding carboxylic acids is 1. The maximum atomic E-state index is 11.8. The Bertz CT molecular complexity index is 604. The highest BCUT2D eigenvalue weighted by Gasteiger charge is 2.23. The van der Waals surface area contributed by atoms with Gasteiger partial charge in [-0.1, -0.05) is 13.0 Å². The summed E-state index contributed by atoms with van der Waals surface area (Å²) in [4.78, 5) is 21.9. The number of nitrogens with zero attached hydrogens (tertiary/aromatic N) is 2. The first kappa shape index (κ1) is 11.5. The summed E-state index contributed by atoms with van der Waals surface area (Å²) in [5.74, 6) is 0.188. The minimum Gasteiger partial charge on any atom is -0.292 e. The SMILES string of the molecule is CCc1cccnc1-c1nc2c(s1)CCCC2=O. The molecule has 0 amide bonds. The van der Waals surface area contributed by atoms with Crippen molar-refractivity contribution in [3.05, 3.63) is 34.5 Å². The summed E-state index contributed by atoms with van der Waals surface area (Å²) in [6.07, 6.45) is 5.29. The molecule has 1 aliphatic rings. The Hall–Kier alpha value is -1.55. The zero-order chi connectivity index (χ0) is 12.5. The van der Waals surface area contributed by atoms with Crippen molar-refractivity contribution in [2.24, 2.45) is 0 Å². The van der Waals surface area contributed by atoms with E-state index in [4.69, 9.17) is 0 Å². The van der Waals surface area contributed by atoms with Crippen LogP contribution < -0.4 is 0 Å². The summed E-state index contributed by atoms with van der Waals surface area (Å²) in [6, 6.07) is 4.02. The minimum absolute atomic E-state index is 0.188. The molecule has 0 saturated carbocycles. The first-order valence-corrected chi connectivity index (χ1v) is 7.08. The largest absolute Gasteiger partial charge is 0.292 e. The van der Waals surface area contributed by atoms with Gasteiger partial charge < -0.3 is 0 Å². The highest BCUT2D eigenvalue weighted by molar-refractivity contribution is 7.15. The summed E-state index contributed by atoms with van der Waals surface area (Å²) in [5, 5.41) is 0.896. The quantitative estimate of drug-likeness (QED) is 0.830. The Kier molecular flexibility index (Phi) is 2.96. The zero-order valence-corrected chi connectivity index (χ0v) is 11.1. The van der Waals surface area contributed by atoms with Crippen LogP contribution in [0.2, 0.25) is 0 Å². The monoisotopic (exact) mass is 258 g/mol. The topological polar surface area (TPSA) is 42.9 Å². The number of hydrogen-bond acceptors (Lipinski definition) is 4. The maximum Gasteiger partial charge on any atom is 0.182 e. The average Bonchev–Trinajstić information content (AvgIpc) is 2.84. The van der Waals surface area contributed by atoms with E-state index in [0.717, 1.165) is 34.8 Å². The van der Waals surface area contributed by atoms with Crippen LogP contribution in [0.3, 0.4) is 0 Å². The van der Waals surface area contributed by atoms with E-state index in [9.17, 15) is 4.79 Å². The highest BCUT2D eigenvalue weighted by Crippen LogP contribution is 2.33. The Morgan fingerprint density at radius 1 is 1.33 bits per heavy atom. The van der Waals surface area contributed by atoms with Crippen molar-refractivity contribution < 1.29 is 4.79 Å². The average molecular weight is 258 g/mol. The third kappa shape index (κ3) is 1.86. The number of pyridine rings is 1. The van der Waals surface area contributed by atoms with Crippen LogP contribution >= 0.6 is 11.3 Å². The van der Waals surface area contributed by atoms with Gasteiger partial charge in [-0.25, -0.2) is 4.98 Å². The van der Waals surface area contributed by atoms with E-state index in [0.29, 0.717) is 12.1 Å². The molecule has 0 N–H and O–H groups in total. The number of aryl methyl sites for hydroxylation is 2. The summed E-state index contributed by atoms with van der Waals surface area (Å²) in [5.41, 5.74) is 2.82. The second-order valence-corrected chi connectivity index (χ2v) is 5.52. The number of Topliss-reactive ketones (excluding diaryl/α,β-unsaturated/α-hetero) is 1. The van der Waals surface area contributed by atoms with Crippen molar-refractivity contribution in [1.29, 1.82) is 0 Å². The van der Waals surface area contributed by atoms with Gasteiger partial charge in [0.25, 0.3) is 0 Å². The van der Waals surface area contributed by atoms with Crippen LogP contribution in [0.5, 0.6) is 0 Å². The molecule has 2 aromatic heterocycles. The number of fused-ring (bicyclic) bond motifs is 1. The fraction of sp³-hybridized carbons (Fsp3) is 0.357. The summed E-state index contributed by atoms with van der Waals surface area (Å²) in [7, 11) is 0. The number of hydrogen-bond donors (Lipinski definition) is 0. The van der Waals surface area contributed by atoms with E-state index in [1.165, 1.54) is 5.56 Å². The van der Waals surface area contributed by atoms with E-state index in [1.807, 2.05) is 6.07 Å². The number of aromatic nitrogens is 2. The van der Waals surface area contributed by atoms with Gasteiger partial charge in [-0.05, 0) is 30.9 Å². The van der Waals surface area contributed by atoms with E-state index >= 15 is 0 Å². The molecule has 1 aliphatic carbocycles. The van der Waals surface area contributed by atoms with E-state index in [2.05, 4.69) is 23.0 Å². The first-order chi connectivity index (χ1) is 8.79. The smallest absolute Gasteiger partial charge is 0.182 e. The molecule has 4 heteroatoms. The van der Waals surface area contributed by atoms with Crippen LogP contribution in [0.4, 0.5) is 0 Å². The Morgan fingerprint density at radius 2 is 2.22 bits per heavy atom. The first-order valence-electron chi connectivity index (χ1n) is 6.26. The Labute approximate surface area is 110 Å². The van der Waals surface area contributed by atoms with Gasteiger partial charge in [0.1, 0.15) is 16.4 Å². The van der Waals surface area contributed by atoms with E-state index in [-0.39, 0.29) is 5.78 Å². The second kappa shape index (κ2) is 4.61. The third-order valence-electron chi connectivity index (χ3n) is 3.24. The van der Waals surface area contributed by atoms with Gasteiger partial charge in [0, 0.05) is 17.5 Å². The van der Waals surface area contributed by atoms with Gasteiger partial charge >= 0.3 is 0 Å². The molecule has 0 atom stereocenters. The molecule has 3 rings (SSSR count). The van der Waals surface area contributed by atoms with E-state index in [1.54, 1.807) is 17.5 Å². The molecular formula is C14H14N2OS. The van der Waals surface area contributed by atoms with Gasteiger partial charge in [0.05, 0.1) is 0 Å². The molecule has 2 aromatic rings. The number of carbonyl (C=O) groups is 1. The molecule has 0 bridgehead atoms. The molecule has 0 radical (unpaired) electrons. The molecule has 0 saturated heterocycles. The van der Waals surface area contributed by atoms with Gasteiger partial charge in [-0.3, -0.25) is 9.78 Å². The summed E-state index contributed by atoms with van der Waals surface area (Å²) < 4.78 is 0. The van der Waals surface area contributed by atoms with Gasteiger partial charge in [0.2, 0.25) is 0 Å². The maximum absolute atomic E-state index is 11.8. The van der Waals surface area contributed by atoms with Crippen molar-refractivity contribution in [2.75, 3.05) is 0 Å². The van der Waals surface area contributed by atoms with Crippen molar-refractivity contribution >= 4 is 17.1 Å². The lowest BCUT2D eigenvalue weighted by Gasteiger charge is -2.06. The predicted molar refractivity (Wildman–Crippen MR) is 72.0 cm³/mol. The number of thiazole rings is 1. The normalized spacial score (nSPS) is 14.6. The molecule has 0 aromatic carbocycles. The fourth-order valence-corrected chi connectivity index (χ4v) is 3.44. The second-order valence-electron chi connectivity index (χ2n) is 4.43. The van der Waals surface area contributed by atoms with Crippen molar-refractivity contribution in [1.82, 2.24) is 9.97 Å². The molecule has 3 nitrogen and oxygen atoms in total. The Morgan fingerprint density at radius 3 is 3.00 bits per heavy atom. The molecule has 0 spiro atoms. The third-order valence-corrected chi connectivity index (χ3v) is 4.37. The standard InChI is InChI=1S/C14H14N2OS/c1-2-9-5-4-8-15-12(9)14-16-13-10(17)6-3-7-11(13)18-14/h4-5,8H,2-3,6-7H2,1H3. The lowest BCUT2D eigenvalue weighted by atomic mass is 10.0. The molecule has 0 aliphatic heterocycles. The van der Waals surface area contributed by atoms with Crippen LogP contribution in [0.15, 0.2) is 18.3 Å². The van der Waals surface area contributed by atoms with Gasteiger partial charge in [0.15, 0.2) is 5.78 Å². The van der Waals surface area contributed by atoms with E-state index < -0.39 is 0 Å². The molecule has 92 valence electrons. The van der Waals surface area contributed by atoms with Crippen molar-refractivity contribution in [3.63, 3.8) is 0 Å². The molecule has 0 unspecified atom stereocenters. The predicted octanol–water partition coefficient (Wildman–Crippen LogP) is 3.29. The van der Waals surface area contributed by atoms with Gasteiger partial charge in [-0.15, -0.1) is 11.3 Å². The van der Waals surface area contributed by atoms with Crippen LogP contribution in [-0.4, -0.2) is 15.8 Å². The van der Waals surface area contributed by atoms with Crippen LogP contribution in [0.25, 0.3) is 10.7 Å². The zero-order valence-electron chi connectivity index (χ0n) is 10.3. The van der Waals surface area contributed by atoms with Crippen molar-refractivity contribution in [2.45, 2.75) is 32.6 Å². The summed E-state index contributed by atoms with van der Waals surface area (Å²) >= 11 is 1.63. The molecule has 2 heterocycles. The molecule has 18 heavy (non-hydrogen) atoms. The van der Waals surface area contributed by atoms with Crippen molar-refractivity contribution in [3.8, 4) is 10.7 Å². The number of rotatable bonds is 2. The van der Waals surface area contributed by atoms with Crippen LogP contribution in [0.1, 0.15) is 40.7 Å². The van der Waals surface area contributed by atoms with Gasteiger partial charge in [-0.2, -0.15) is 0 Å². The van der Waals surface area contributed by atoms with Crippen LogP contribution in [0, 0.1) is 0 Å². The molecular weight excluding hydrogens is 244 g/mol. The lowest BCUT2D eigenvalue weighted by molar-refractivity contribution is 0.0968. The fourth-order valence-electron chi connectivity index (χ4n) is 2.28. The molecule has 0 fully saturated rings. The Balaban J connectivity index is 2.10. The minimum atomic E-state index is 0.188.